The van der Waals surface area contributed by atoms with Crippen molar-refractivity contribution in [3.63, 3.8) is 0 Å². The molecule has 2 nitrogen and oxygen atoms in total. The van der Waals surface area contributed by atoms with Crippen LogP contribution in [0.4, 0.5) is 0 Å². The lowest BCUT2D eigenvalue weighted by Crippen LogP contribution is -2.32. The summed E-state index contributed by atoms with van der Waals surface area (Å²) in [4.78, 5) is 0. The number of hydrogen-bond donors (Lipinski definition) is 1. The van der Waals surface area contributed by atoms with Crippen LogP contribution >= 0.6 is 0 Å². The van der Waals surface area contributed by atoms with Crippen LogP contribution in [0.25, 0.3) is 0 Å². The molecule has 0 radical (unpaired) electrons. The minimum absolute atomic E-state index is 0.0253. The molecule has 2 aromatic carbocycles. The Morgan fingerprint density at radius 2 is 1.86 bits per heavy atom. The fraction of sp³-hybridized carbons (Fsp3) is 0.400. The van der Waals surface area contributed by atoms with Gasteiger partial charge in [-0.15, -0.1) is 0 Å². The van der Waals surface area contributed by atoms with Gasteiger partial charge in [0.2, 0.25) is 0 Å². The summed E-state index contributed by atoms with van der Waals surface area (Å²) in [7, 11) is 0. The van der Waals surface area contributed by atoms with Crippen molar-refractivity contribution in [2.75, 3.05) is 6.54 Å². The van der Waals surface area contributed by atoms with Crippen LogP contribution in [0.2, 0.25) is 0 Å². The highest BCUT2D eigenvalue weighted by molar-refractivity contribution is 5.39. The Labute approximate surface area is 133 Å². The Morgan fingerprint density at radius 1 is 1.05 bits per heavy atom. The van der Waals surface area contributed by atoms with Gasteiger partial charge < -0.3 is 10.1 Å². The van der Waals surface area contributed by atoms with Crippen molar-refractivity contribution >= 4 is 0 Å². The van der Waals surface area contributed by atoms with Gasteiger partial charge in [-0.3, -0.25) is 0 Å². The van der Waals surface area contributed by atoms with E-state index < -0.39 is 0 Å². The average molecular weight is 295 g/mol. The number of fused-ring (bicyclic) bond motifs is 1. The molecule has 0 aromatic heterocycles. The summed E-state index contributed by atoms with van der Waals surface area (Å²) in [6.07, 6.45) is 3.27. The largest absolute Gasteiger partial charge is 0.488 e. The first-order valence-corrected chi connectivity index (χ1v) is 8.18. The number of rotatable bonds is 5. The molecule has 0 bridgehead atoms. The van der Waals surface area contributed by atoms with Gasteiger partial charge >= 0.3 is 0 Å². The molecule has 0 unspecified atom stereocenters. The smallest absolute Gasteiger partial charge is 0.123 e. The van der Waals surface area contributed by atoms with Crippen molar-refractivity contribution in [1.29, 1.82) is 0 Å². The molecule has 0 atom stereocenters. The third-order valence-corrected chi connectivity index (χ3v) is 4.27. The monoisotopic (exact) mass is 295 g/mol. The van der Waals surface area contributed by atoms with Crippen LogP contribution < -0.4 is 10.1 Å². The number of ether oxygens (including phenoxy) is 1. The molecule has 1 aliphatic rings. The molecule has 2 aromatic rings. The predicted molar refractivity (Wildman–Crippen MR) is 91.3 cm³/mol. The van der Waals surface area contributed by atoms with Crippen LogP contribution in [0.3, 0.4) is 0 Å². The van der Waals surface area contributed by atoms with Crippen LogP contribution in [0.1, 0.15) is 37.0 Å². The van der Waals surface area contributed by atoms with E-state index in [1.54, 1.807) is 0 Å². The summed E-state index contributed by atoms with van der Waals surface area (Å²) >= 11 is 0. The van der Waals surface area contributed by atoms with Gasteiger partial charge in [-0.2, -0.15) is 0 Å². The lowest BCUT2D eigenvalue weighted by molar-refractivity contribution is 0.0846. The standard InChI is InChI=1S/C20H25NO/c1-20(2)12-10-18-14-17(8-9-19(18)22-20)15-21-13-11-16-6-4-3-5-7-16/h3-9,14,21H,10-13,15H2,1-2H3. The summed E-state index contributed by atoms with van der Waals surface area (Å²) in [6.45, 7) is 6.25. The number of benzene rings is 2. The summed E-state index contributed by atoms with van der Waals surface area (Å²) < 4.78 is 6.04. The van der Waals surface area contributed by atoms with Gasteiger partial charge in [0.25, 0.3) is 0 Å². The molecule has 116 valence electrons. The maximum absolute atomic E-state index is 6.04. The zero-order valence-corrected chi connectivity index (χ0v) is 13.6. The fourth-order valence-electron chi connectivity index (χ4n) is 2.93. The third kappa shape index (κ3) is 3.89. The highest BCUT2D eigenvalue weighted by atomic mass is 16.5. The van der Waals surface area contributed by atoms with Gasteiger partial charge in [0.05, 0.1) is 0 Å². The van der Waals surface area contributed by atoms with Crippen LogP contribution in [-0.2, 0) is 19.4 Å². The summed E-state index contributed by atoms with van der Waals surface area (Å²) in [5.74, 6) is 1.06. The van der Waals surface area contributed by atoms with Crippen LogP contribution in [0.5, 0.6) is 5.75 Å². The van der Waals surface area contributed by atoms with E-state index in [0.29, 0.717) is 0 Å². The second kappa shape index (κ2) is 6.53. The van der Waals surface area contributed by atoms with Gasteiger partial charge in [0.1, 0.15) is 11.4 Å². The molecule has 0 saturated heterocycles. The van der Waals surface area contributed by atoms with Crippen molar-refractivity contribution in [1.82, 2.24) is 5.32 Å². The normalized spacial score (nSPS) is 15.9. The van der Waals surface area contributed by atoms with Crippen molar-refractivity contribution in [2.24, 2.45) is 0 Å². The van der Waals surface area contributed by atoms with E-state index in [1.807, 2.05) is 0 Å². The predicted octanol–water partition coefficient (Wildman–Crippen LogP) is 4.12. The van der Waals surface area contributed by atoms with E-state index in [-0.39, 0.29) is 5.60 Å². The molecule has 3 rings (SSSR count). The van der Waals surface area contributed by atoms with Crippen molar-refractivity contribution in [3.05, 3.63) is 65.2 Å². The van der Waals surface area contributed by atoms with Gasteiger partial charge in [0, 0.05) is 6.54 Å². The maximum atomic E-state index is 6.04. The number of nitrogens with one attached hydrogen (secondary N) is 1. The molecule has 1 N–H and O–H groups in total. The Bertz CT molecular complexity index is 619. The topological polar surface area (TPSA) is 21.3 Å². The first-order chi connectivity index (χ1) is 10.6. The minimum Gasteiger partial charge on any atom is -0.488 e. The van der Waals surface area contributed by atoms with E-state index in [2.05, 4.69) is 67.7 Å². The Morgan fingerprint density at radius 3 is 2.68 bits per heavy atom. The molecular formula is C20H25NO. The van der Waals surface area contributed by atoms with Crippen LogP contribution in [-0.4, -0.2) is 12.1 Å². The van der Waals surface area contributed by atoms with E-state index in [0.717, 1.165) is 38.1 Å². The maximum Gasteiger partial charge on any atom is 0.123 e. The number of hydrogen-bond acceptors (Lipinski definition) is 2. The lowest BCUT2D eigenvalue weighted by atomic mass is 9.93. The first kappa shape index (κ1) is 15.1. The van der Waals surface area contributed by atoms with Crippen LogP contribution in [0.15, 0.2) is 48.5 Å². The zero-order chi connectivity index (χ0) is 15.4. The SMILES string of the molecule is CC1(C)CCc2cc(CNCCc3ccccc3)ccc2O1. The second-order valence-corrected chi connectivity index (χ2v) is 6.72. The molecular weight excluding hydrogens is 270 g/mol. The quantitative estimate of drug-likeness (QED) is 0.838. The average Bonchev–Trinajstić information content (AvgIpc) is 2.52. The highest BCUT2D eigenvalue weighted by Gasteiger charge is 2.26. The van der Waals surface area contributed by atoms with E-state index in [4.69, 9.17) is 4.74 Å². The van der Waals surface area contributed by atoms with Crippen molar-refractivity contribution in [3.8, 4) is 5.75 Å². The lowest BCUT2D eigenvalue weighted by Gasteiger charge is -2.32. The van der Waals surface area contributed by atoms with E-state index in [9.17, 15) is 0 Å². The van der Waals surface area contributed by atoms with Gasteiger partial charge in [-0.05, 0) is 62.4 Å². The molecule has 1 aliphatic heterocycles. The minimum atomic E-state index is -0.0253. The summed E-state index contributed by atoms with van der Waals surface area (Å²) in [5, 5.41) is 3.53. The molecule has 0 aliphatic carbocycles. The second-order valence-electron chi connectivity index (χ2n) is 6.72. The molecule has 2 heteroatoms. The molecule has 22 heavy (non-hydrogen) atoms. The zero-order valence-electron chi connectivity index (χ0n) is 13.6. The van der Waals surface area contributed by atoms with Gasteiger partial charge in [0.15, 0.2) is 0 Å². The molecule has 0 saturated carbocycles. The summed E-state index contributed by atoms with van der Waals surface area (Å²) in [6, 6.07) is 17.2. The molecule has 0 amide bonds. The van der Waals surface area contributed by atoms with Gasteiger partial charge in [-0.1, -0.05) is 42.5 Å². The van der Waals surface area contributed by atoms with Crippen LogP contribution in [0, 0.1) is 0 Å². The van der Waals surface area contributed by atoms with E-state index >= 15 is 0 Å². The Balaban J connectivity index is 1.51. The third-order valence-electron chi connectivity index (χ3n) is 4.27. The van der Waals surface area contributed by atoms with Gasteiger partial charge in [-0.25, -0.2) is 0 Å². The highest BCUT2D eigenvalue weighted by Crippen LogP contribution is 2.33. The van der Waals surface area contributed by atoms with E-state index in [1.165, 1.54) is 16.7 Å². The number of aryl methyl sites for hydroxylation is 1. The Hall–Kier alpha value is -1.80. The molecule has 1 heterocycles. The Kier molecular flexibility index (Phi) is 4.49. The summed E-state index contributed by atoms with van der Waals surface area (Å²) in [5.41, 5.74) is 4.05. The van der Waals surface area contributed by atoms with Crippen molar-refractivity contribution in [2.45, 2.75) is 45.3 Å². The molecule has 0 spiro atoms. The first-order valence-electron chi connectivity index (χ1n) is 8.18. The van der Waals surface area contributed by atoms with Crippen molar-refractivity contribution < 1.29 is 4.74 Å². The molecule has 0 fully saturated rings. The fourth-order valence-corrected chi connectivity index (χ4v) is 2.93.